The van der Waals surface area contributed by atoms with Crippen molar-refractivity contribution < 1.29 is 19.3 Å². The summed E-state index contributed by atoms with van der Waals surface area (Å²) in [6, 6.07) is 7.65. The molecule has 0 unspecified atom stereocenters. The topological polar surface area (TPSA) is 111 Å². The first-order valence-electron chi connectivity index (χ1n) is 11.0. The number of ether oxygens (including phenoxy) is 3. The van der Waals surface area contributed by atoms with E-state index in [1.54, 1.807) is 32.2 Å². The average Bonchev–Trinajstić information content (AvgIpc) is 3.63. The predicted octanol–water partition coefficient (Wildman–Crippen LogP) is 2.65. The Labute approximate surface area is 196 Å². The molecule has 0 spiro atoms. The molecule has 11 heteroatoms. The molecule has 5 rings (SSSR count). The van der Waals surface area contributed by atoms with Crippen LogP contribution in [0.5, 0.6) is 17.2 Å². The van der Waals surface area contributed by atoms with Gasteiger partial charge in [0.05, 0.1) is 45.9 Å². The number of aliphatic hydroxyl groups excluding tert-OH is 1. The largest absolute Gasteiger partial charge is 0.493 e. The lowest BCUT2D eigenvalue weighted by Gasteiger charge is -2.25. The Kier molecular flexibility index (Phi) is 5.84. The second-order valence-electron chi connectivity index (χ2n) is 7.94. The Morgan fingerprint density at radius 1 is 1.15 bits per heavy atom. The minimum atomic E-state index is 0.0562. The summed E-state index contributed by atoms with van der Waals surface area (Å²) in [5.74, 6) is 3.41. The molecule has 1 aromatic carbocycles. The lowest BCUT2D eigenvalue weighted by Crippen LogP contribution is -2.33. The van der Waals surface area contributed by atoms with Crippen molar-refractivity contribution in [1.29, 1.82) is 0 Å². The molecule has 1 aliphatic heterocycles. The number of nitrogens with one attached hydrogen (secondary N) is 1. The van der Waals surface area contributed by atoms with E-state index in [1.165, 1.54) is 0 Å². The maximum absolute atomic E-state index is 9.80. The molecule has 1 saturated heterocycles. The summed E-state index contributed by atoms with van der Waals surface area (Å²) in [5, 5.41) is 17.6. The molecule has 1 aliphatic rings. The van der Waals surface area contributed by atoms with Crippen molar-refractivity contribution in [3.63, 3.8) is 0 Å². The number of aromatic nitrogens is 5. The molecule has 1 atom stereocenters. The van der Waals surface area contributed by atoms with Crippen molar-refractivity contribution in [1.82, 2.24) is 24.1 Å². The van der Waals surface area contributed by atoms with Gasteiger partial charge in [-0.1, -0.05) is 0 Å². The van der Waals surface area contributed by atoms with Gasteiger partial charge in [-0.2, -0.15) is 4.98 Å². The van der Waals surface area contributed by atoms with Gasteiger partial charge in [-0.25, -0.2) is 9.50 Å². The van der Waals surface area contributed by atoms with Gasteiger partial charge in [0.15, 0.2) is 23.1 Å². The fraction of sp³-hybridized carbons (Fsp3) is 0.348. The molecule has 34 heavy (non-hydrogen) atoms. The van der Waals surface area contributed by atoms with Crippen LogP contribution in [-0.2, 0) is 0 Å². The number of fused-ring (bicyclic) bond motifs is 1. The summed E-state index contributed by atoms with van der Waals surface area (Å²) in [7, 11) is 4.73. The molecule has 0 amide bonds. The average molecular weight is 466 g/mol. The highest BCUT2D eigenvalue weighted by Gasteiger charge is 2.27. The van der Waals surface area contributed by atoms with Gasteiger partial charge in [-0.15, -0.1) is 5.10 Å². The van der Waals surface area contributed by atoms with Crippen LogP contribution in [0.25, 0.3) is 11.2 Å². The van der Waals surface area contributed by atoms with E-state index in [2.05, 4.69) is 20.3 Å². The second kappa shape index (κ2) is 9.10. The van der Waals surface area contributed by atoms with E-state index in [0.717, 1.165) is 36.4 Å². The molecular weight excluding hydrogens is 438 g/mol. The summed E-state index contributed by atoms with van der Waals surface area (Å²) in [5.41, 5.74) is 1.69. The van der Waals surface area contributed by atoms with Crippen LogP contribution >= 0.6 is 0 Å². The number of nitrogens with zero attached hydrogens (tertiary/aromatic N) is 6. The molecule has 3 aromatic heterocycles. The zero-order chi connectivity index (χ0) is 23.7. The summed E-state index contributed by atoms with van der Waals surface area (Å²) >= 11 is 0. The predicted molar refractivity (Wildman–Crippen MR) is 127 cm³/mol. The SMILES string of the molecule is COc1cc(-n2cnc(Nc3nc(N4CCC[C@H]4CO)c4cccn4n3)c2)cc(OC)c1OC. The molecule has 1 fully saturated rings. The van der Waals surface area contributed by atoms with Crippen molar-refractivity contribution in [3.05, 3.63) is 43.0 Å². The van der Waals surface area contributed by atoms with Crippen molar-refractivity contribution in [3.8, 4) is 22.9 Å². The molecule has 2 N–H and O–H groups in total. The number of methoxy groups -OCH3 is 3. The van der Waals surface area contributed by atoms with Gasteiger partial charge >= 0.3 is 0 Å². The van der Waals surface area contributed by atoms with Crippen molar-refractivity contribution >= 4 is 23.1 Å². The standard InChI is InChI=1S/C23H27N7O4/c1-32-18-10-16(11-19(33-2)21(18)34-3)28-12-20(24-14-28)25-23-26-22(17-7-5-9-30(17)27-23)29-8-4-6-15(29)13-31/h5,7,9-12,14-15,31H,4,6,8,13H2,1-3H3,(H,25,27)/t15-/m0/s1. The van der Waals surface area contributed by atoms with Crippen LogP contribution in [0, 0.1) is 0 Å². The van der Waals surface area contributed by atoms with Gasteiger partial charge in [-0.3, -0.25) is 0 Å². The fourth-order valence-corrected chi connectivity index (χ4v) is 4.35. The van der Waals surface area contributed by atoms with Gasteiger partial charge < -0.3 is 34.1 Å². The number of rotatable bonds is 8. The van der Waals surface area contributed by atoms with Gasteiger partial charge in [0.1, 0.15) is 11.8 Å². The Balaban J connectivity index is 1.46. The molecule has 0 aliphatic carbocycles. The van der Waals surface area contributed by atoms with Crippen LogP contribution in [0.2, 0.25) is 0 Å². The van der Waals surface area contributed by atoms with E-state index in [9.17, 15) is 5.11 Å². The van der Waals surface area contributed by atoms with Gasteiger partial charge in [0, 0.05) is 24.9 Å². The highest BCUT2D eigenvalue weighted by Crippen LogP contribution is 2.39. The van der Waals surface area contributed by atoms with E-state index in [0.29, 0.717) is 29.0 Å². The summed E-state index contributed by atoms with van der Waals surface area (Å²) < 4.78 is 19.9. The first-order chi connectivity index (χ1) is 16.6. The number of hydrogen-bond donors (Lipinski definition) is 2. The number of imidazole rings is 1. The molecular formula is C23H27N7O4. The van der Waals surface area contributed by atoms with Crippen molar-refractivity contribution in [2.45, 2.75) is 18.9 Å². The van der Waals surface area contributed by atoms with Crippen LogP contribution in [-0.4, -0.2) is 69.8 Å². The smallest absolute Gasteiger partial charge is 0.248 e. The molecule has 0 bridgehead atoms. The highest BCUT2D eigenvalue weighted by atomic mass is 16.5. The first-order valence-corrected chi connectivity index (χ1v) is 11.0. The lowest BCUT2D eigenvalue weighted by molar-refractivity contribution is 0.266. The first kappa shape index (κ1) is 21.8. The van der Waals surface area contributed by atoms with Crippen LogP contribution < -0.4 is 24.4 Å². The van der Waals surface area contributed by atoms with E-state index in [4.69, 9.17) is 19.2 Å². The Hall–Kier alpha value is -3.99. The molecule has 0 saturated carbocycles. The normalized spacial score (nSPS) is 15.6. The van der Waals surface area contributed by atoms with Crippen molar-refractivity contribution in [2.75, 3.05) is 44.7 Å². The summed E-state index contributed by atoms with van der Waals surface area (Å²) in [4.78, 5) is 11.4. The fourth-order valence-electron chi connectivity index (χ4n) is 4.35. The summed E-state index contributed by atoms with van der Waals surface area (Å²) in [6.07, 6.45) is 7.35. The minimum absolute atomic E-state index is 0.0562. The summed E-state index contributed by atoms with van der Waals surface area (Å²) in [6.45, 7) is 0.942. The Bertz CT molecular complexity index is 1280. The quantitative estimate of drug-likeness (QED) is 0.406. The molecule has 0 radical (unpaired) electrons. The van der Waals surface area contributed by atoms with Crippen LogP contribution in [0.1, 0.15) is 12.8 Å². The second-order valence-corrected chi connectivity index (χ2v) is 7.94. The third-order valence-corrected chi connectivity index (χ3v) is 6.00. The zero-order valence-corrected chi connectivity index (χ0v) is 19.3. The maximum atomic E-state index is 9.80. The number of benzene rings is 1. The number of aliphatic hydroxyl groups is 1. The van der Waals surface area contributed by atoms with E-state index >= 15 is 0 Å². The third kappa shape index (κ3) is 3.83. The Morgan fingerprint density at radius 2 is 1.94 bits per heavy atom. The molecule has 4 heterocycles. The van der Waals surface area contributed by atoms with Gasteiger partial charge in [0.25, 0.3) is 0 Å². The molecule has 4 aromatic rings. The van der Waals surface area contributed by atoms with Gasteiger partial charge in [0.2, 0.25) is 11.7 Å². The van der Waals surface area contributed by atoms with Crippen LogP contribution in [0.15, 0.2) is 43.0 Å². The monoisotopic (exact) mass is 465 g/mol. The van der Waals surface area contributed by atoms with Crippen LogP contribution in [0.3, 0.4) is 0 Å². The highest BCUT2D eigenvalue weighted by molar-refractivity contribution is 5.71. The zero-order valence-electron chi connectivity index (χ0n) is 19.3. The number of hydrogen-bond acceptors (Lipinski definition) is 9. The Morgan fingerprint density at radius 3 is 2.65 bits per heavy atom. The third-order valence-electron chi connectivity index (χ3n) is 6.00. The van der Waals surface area contributed by atoms with E-state index < -0.39 is 0 Å². The van der Waals surface area contributed by atoms with E-state index in [-0.39, 0.29) is 12.6 Å². The van der Waals surface area contributed by atoms with Gasteiger partial charge in [-0.05, 0) is 25.0 Å². The van der Waals surface area contributed by atoms with E-state index in [1.807, 2.05) is 41.2 Å². The molecule has 11 nitrogen and oxygen atoms in total. The maximum Gasteiger partial charge on any atom is 0.248 e. The van der Waals surface area contributed by atoms with Crippen molar-refractivity contribution in [2.24, 2.45) is 0 Å². The lowest BCUT2D eigenvalue weighted by atomic mass is 10.2. The number of anilines is 3. The molecule has 178 valence electrons. The minimum Gasteiger partial charge on any atom is -0.493 e. The van der Waals surface area contributed by atoms with Crippen LogP contribution in [0.4, 0.5) is 17.6 Å².